The number of hydrogen-bond donors (Lipinski definition) is 1. The molecule has 1 aromatic heterocycles. The maximum Gasteiger partial charge on any atom is 0.451 e. The molecule has 2 aliphatic rings. The summed E-state index contributed by atoms with van der Waals surface area (Å²) in [6, 6.07) is 7.25. The number of anilines is 1. The molecule has 10 heteroatoms. The zero-order valence-corrected chi connectivity index (χ0v) is 17.5. The Hall–Kier alpha value is -2.88. The molecular weight excluding hydrogens is 425 g/mol. The maximum absolute atomic E-state index is 12.6. The fourth-order valence-electron chi connectivity index (χ4n) is 3.75. The van der Waals surface area contributed by atoms with Crippen LogP contribution in [0.1, 0.15) is 31.5 Å². The Balaban J connectivity index is 1.27. The van der Waals surface area contributed by atoms with E-state index in [4.69, 9.17) is 9.47 Å². The van der Waals surface area contributed by atoms with Crippen molar-refractivity contribution in [2.45, 2.75) is 37.9 Å². The SMILES string of the molecule is O=C(COCC1CCC1)NC1CCN(c2cccc(Oc3cnc(C(F)(F)F)nc3)c2)C1. The number of ether oxygens (including phenoxy) is 2. The van der Waals surface area contributed by atoms with Crippen molar-refractivity contribution >= 4 is 11.6 Å². The van der Waals surface area contributed by atoms with E-state index in [1.54, 1.807) is 18.2 Å². The molecule has 0 spiro atoms. The molecule has 172 valence electrons. The molecule has 1 aliphatic heterocycles. The Morgan fingerprint density at radius 2 is 1.94 bits per heavy atom. The fourth-order valence-corrected chi connectivity index (χ4v) is 3.75. The summed E-state index contributed by atoms with van der Waals surface area (Å²) in [5.41, 5.74) is 0.897. The number of carbonyl (C=O) groups is 1. The summed E-state index contributed by atoms with van der Waals surface area (Å²) in [5, 5.41) is 3.01. The number of carbonyl (C=O) groups excluding carboxylic acids is 1. The lowest BCUT2D eigenvalue weighted by molar-refractivity contribution is -0.145. The zero-order valence-electron chi connectivity index (χ0n) is 17.5. The van der Waals surface area contributed by atoms with Crippen LogP contribution in [-0.4, -0.2) is 48.2 Å². The second kappa shape index (κ2) is 9.72. The van der Waals surface area contributed by atoms with Gasteiger partial charge in [0.1, 0.15) is 12.4 Å². The molecule has 4 rings (SSSR count). The van der Waals surface area contributed by atoms with Crippen molar-refractivity contribution in [1.29, 1.82) is 0 Å². The monoisotopic (exact) mass is 450 g/mol. The van der Waals surface area contributed by atoms with E-state index in [1.165, 1.54) is 19.3 Å². The Kier molecular flexibility index (Phi) is 6.78. The molecule has 7 nitrogen and oxygen atoms in total. The van der Waals surface area contributed by atoms with Crippen LogP contribution in [0.3, 0.4) is 0 Å². The predicted molar refractivity (Wildman–Crippen MR) is 110 cm³/mol. The number of rotatable bonds is 8. The summed E-state index contributed by atoms with van der Waals surface area (Å²) >= 11 is 0. The number of halogens is 3. The van der Waals surface area contributed by atoms with Crippen LogP contribution < -0.4 is 15.0 Å². The minimum atomic E-state index is -4.59. The van der Waals surface area contributed by atoms with Gasteiger partial charge in [0.15, 0.2) is 5.75 Å². The average molecular weight is 450 g/mol. The van der Waals surface area contributed by atoms with Crippen molar-refractivity contribution < 1.29 is 27.4 Å². The second-order valence-electron chi connectivity index (χ2n) is 8.15. The molecule has 0 radical (unpaired) electrons. The molecule has 1 saturated carbocycles. The van der Waals surface area contributed by atoms with E-state index in [0.29, 0.717) is 24.8 Å². The highest BCUT2D eigenvalue weighted by molar-refractivity contribution is 5.77. The quantitative estimate of drug-likeness (QED) is 0.659. The molecule has 1 aliphatic carbocycles. The van der Waals surface area contributed by atoms with E-state index in [2.05, 4.69) is 20.2 Å². The molecule has 2 heterocycles. The highest BCUT2D eigenvalue weighted by atomic mass is 19.4. The zero-order chi connectivity index (χ0) is 22.6. The topological polar surface area (TPSA) is 76.6 Å². The van der Waals surface area contributed by atoms with Crippen LogP contribution in [0, 0.1) is 5.92 Å². The Morgan fingerprint density at radius 3 is 2.62 bits per heavy atom. The lowest BCUT2D eigenvalue weighted by atomic mass is 9.86. The molecule has 1 saturated heterocycles. The van der Waals surface area contributed by atoms with E-state index in [1.807, 2.05) is 6.07 Å². The number of benzene rings is 1. The first kappa shape index (κ1) is 22.3. The van der Waals surface area contributed by atoms with E-state index in [9.17, 15) is 18.0 Å². The van der Waals surface area contributed by atoms with Crippen LogP contribution >= 0.6 is 0 Å². The number of hydrogen-bond acceptors (Lipinski definition) is 6. The first-order valence-corrected chi connectivity index (χ1v) is 10.7. The Morgan fingerprint density at radius 1 is 1.16 bits per heavy atom. The van der Waals surface area contributed by atoms with Crippen LogP contribution in [0.25, 0.3) is 0 Å². The third kappa shape index (κ3) is 5.87. The minimum absolute atomic E-state index is 0.0303. The van der Waals surface area contributed by atoms with Gasteiger partial charge in [-0.3, -0.25) is 4.79 Å². The Bertz CT molecular complexity index is 919. The van der Waals surface area contributed by atoms with E-state index in [0.717, 1.165) is 31.0 Å². The molecular formula is C22H25F3N4O3. The van der Waals surface area contributed by atoms with Crippen LogP contribution in [0.4, 0.5) is 18.9 Å². The molecule has 0 bridgehead atoms. The number of alkyl halides is 3. The summed E-state index contributed by atoms with van der Waals surface area (Å²) in [6.45, 7) is 2.16. The van der Waals surface area contributed by atoms with Crippen molar-refractivity contribution in [3.63, 3.8) is 0 Å². The first-order chi connectivity index (χ1) is 15.4. The first-order valence-electron chi connectivity index (χ1n) is 10.7. The Labute approximate surface area is 183 Å². The van der Waals surface area contributed by atoms with Gasteiger partial charge in [-0.2, -0.15) is 13.2 Å². The standard InChI is InChI=1S/C22H25F3N4O3/c23-22(24,25)21-26-10-19(11-27-21)32-18-6-2-5-17(9-18)29-8-7-16(12-29)28-20(30)14-31-13-15-3-1-4-15/h2,5-6,9-11,15-16H,1,3-4,7-8,12-14H2,(H,28,30). The van der Waals surface area contributed by atoms with Gasteiger partial charge in [-0.1, -0.05) is 12.5 Å². The molecule has 2 aromatic rings. The smallest absolute Gasteiger partial charge is 0.451 e. The summed E-state index contributed by atoms with van der Waals surface area (Å²) in [4.78, 5) is 20.8. The average Bonchev–Trinajstić information content (AvgIpc) is 3.18. The molecule has 32 heavy (non-hydrogen) atoms. The molecule has 1 aromatic carbocycles. The molecule has 2 fully saturated rings. The third-order valence-electron chi connectivity index (χ3n) is 5.66. The van der Waals surface area contributed by atoms with Crippen molar-refractivity contribution in [3.05, 3.63) is 42.5 Å². The van der Waals surface area contributed by atoms with Crippen molar-refractivity contribution in [2.75, 3.05) is 31.2 Å². The highest BCUT2D eigenvalue weighted by Crippen LogP contribution is 2.30. The largest absolute Gasteiger partial charge is 0.454 e. The van der Waals surface area contributed by atoms with Gasteiger partial charge in [0, 0.05) is 30.9 Å². The predicted octanol–water partition coefficient (Wildman–Crippen LogP) is 3.80. The summed E-state index contributed by atoms with van der Waals surface area (Å²) < 4.78 is 48.9. The fraction of sp³-hybridized carbons (Fsp3) is 0.500. The normalized spacial score (nSPS) is 19.0. The van der Waals surface area contributed by atoms with Gasteiger partial charge in [-0.05, 0) is 37.3 Å². The van der Waals surface area contributed by atoms with Crippen molar-refractivity contribution in [3.8, 4) is 11.5 Å². The van der Waals surface area contributed by atoms with Gasteiger partial charge in [-0.15, -0.1) is 0 Å². The molecule has 1 amide bonds. The van der Waals surface area contributed by atoms with Gasteiger partial charge in [-0.25, -0.2) is 9.97 Å². The minimum Gasteiger partial charge on any atom is -0.454 e. The van der Waals surface area contributed by atoms with Crippen LogP contribution in [0.2, 0.25) is 0 Å². The van der Waals surface area contributed by atoms with Gasteiger partial charge < -0.3 is 19.7 Å². The van der Waals surface area contributed by atoms with E-state index >= 15 is 0 Å². The summed E-state index contributed by atoms with van der Waals surface area (Å²) in [5.74, 6) is -0.132. The number of nitrogens with one attached hydrogen (secondary N) is 1. The van der Waals surface area contributed by atoms with Gasteiger partial charge in [0.05, 0.1) is 19.0 Å². The number of amides is 1. The lowest BCUT2D eigenvalue weighted by Gasteiger charge is -2.24. The molecule has 1 unspecified atom stereocenters. The van der Waals surface area contributed by atoms with Crippen LogP contribution in [-0.2, 0) is 15.7 Å². The summed E-state index contributed by atoms with van der Waals surface area (Å²) in [7, 11) is 0. The van der Waals surface area contributed by atoms with Crippen LogP contribution in [0.5, 0.6) is 11.5 Å². The number of aromatic nitrogens is 2. The lowest BCUT2D eigenvalue weighted by Crippen LogP contribution is -2.39. The molecule has 1 atom stereocenters. The van der Waals surface area contributed by atoms with E-state index in [-0.39, 0.29) is 24.3 Å². The summed E-state index contributed by atoms with van der Waals surface area (Å²) in [6.07, 6.45) is 1.84. The van der Waals surface area contributed by atoms with E-state index < -0.39 is 12.0 Å². The van der Waals surface area contributed by atoms with Gasteiger partial charge >= 0.3 is 6.18 Å². The number of nitrogens with zero attached hydrogens (tertiary/aromatic N) is 3. The van der Waals surface area contributed by atoms with Crippen LogP contribution in [0.15, 0.2) is 36.7 Å². The van der Waals surface area contributed by atoms with Crippen molar-refractivity contribution in [2.24, 2.45) is 5.92 Å². The second-order valence-corrected chi connectivity index (χ2v) is 8.15. The van der Waals surface area contributed by atoms with Crippen molar-refractivity contribution in [1.82, 2.24) is 15.3 Å². The molecule has 1 N–H and O–H groups in total. The van der Waals surface area contributed by atoms with Gasteiger partial charge in [0.2, 0.25) is 11.7 Å². The highest BCUT2D eigenvalue weighted by Gasteiger charge is 2.34. The van der Waals surface area contributed by atoms with Gasteiger partial charge in [0.25, 0.3) is 0 Å². The third-order valence-corrected chi connectivity index (χ3v) is 5.66. The maximum atomic E-state index is 12.6.